The van der Waals surface area contributed by atoms with Crippen LogP contribution in [0.3, 0.4) is 0 Å². The molecule has 0 spiro atoms. The number of carbonyl (C=O) groups excluding carboxylic acids is 1. The number of carboxylic acid groups (broad SMARTS) is 1. The van der Waals surface area contributed by atoms with Crippen LogP contribution in [-0.4, -0.2) is 15.8 Å². The Balaban J connectivity index is 3.03. The maximum atomic E-state index is 10.9. The van der Waals surface area contributed by atoms with Gasteiger partial charge >= 0.3 is 5.97 Å². The Hall–Kier alpha value is -1.16. The second kappa shape index (κ2) is 4.18. The van der Waals surface area contributed by atoms with Crippen molar-refractivity contribution in [1.82, 2.24) is 0 Å². The molecule has 1 rings (SSSR count). The van der Waals surface area contributed by atoms with Crippen LogP contribution in [0.2, 0.25) is 0 Å². The summed E-state index contributed by atoms with van der Waals surface area (Å²) < 4.78 is -0.536. The van der Waals surface area contributed by atoms with Crippen molar-refractivity contribution in [3.8, 4) is 0 Å². The molecule has 3 nitrogen and oxygen atoms in total. The van der Waals surface area contributed by atoms with E-state index in [2.05, 4.69) is 15.9 Å². The Morgan fingerprint density at radius 1 is 1.23 bits per heavy atom. The lowest BCUT2D eigenvalue weighted by molar-refractivity contribution is -0.140. The molecule has 0 amide bonds. The molecule has 0 radical (unpaired) electrons. The van der Waals surface area contributed by atoms with Gasteiger partial charge in [-0.25, -0.2) is 0 Å². The molecule has 0 aliphatic carbocycles. The number of hydrogen-bond acceptors (Lipinski definition) is 2. The first-order valence-corrected chi connectivity index (χ1v) is 4.39. The lowest BCUT2D eigenvalue weighted by Gasteiger charge is -2.06. The van der Waals surface area contributed by atoms with Crippen LogP contribution in [0.5, 0.6) is 0 Å². The zero-order valence-corrected chi connectivity index (χ0v) is 8.19. The highest BCUT2D eigenvalue weighted by Gasteiger charge is 2.25. The second-order valence-corrected chi connectivity index (χ2v) is 3.27. The average molecular weight is 243 g/mol. The summed E-state index contributed by atoms with van der Waals surface area (Å²) in [4.78, 5) is 21.6. The fourth-order valence-corrected chi connectivity index (χ4v) is 1.48. The van der Waals surface area contributed by atoms with Crippen molar-refractivity contribution in [1.29, 1.82) is 0 Å². The Bertz CT molecular complexity index is 307. The molecule has 0 saturated heterocycles. The van der Waals surface area contributed by atoms with Gasteiger partial charge in [-0.1, -0.05) is 30.3 Å². The van der Waals surface area contributed by atoms with Crippen molar-refractivity contribution in [2.45, 2.75) is 5.92 Å². The highest BCUT2D eigenvalue weighted by molar-refractivity contribution is 9.18. The van der Waals surface area contributed by atoms with Crippen LogP contribution in [0, 0.1) is 0 Å². The molecule has 0 aliphatic rings. The predicted octanol–water partition coefficient (Wildman–Crippen LogP) is 1.78. The van der Waals surface area contributed by atoms with Crippen LogP contribution in [0.25, 0.3) is 0 Å². The molecule has 0 aliphatic heterocycles. The van der Waals surface area contributed by atoms with Gasteiger partial charge in [-0.15, -0.1) is 0 Å². The number of aliphatic carboxylic acids is 1. The Morgan fingerprint density at radius 2 is 1.77 bits per heavy atom. The zero-order valence-electron chi connectivity index (χ0n) is 6.61. The Labute approximate surface area is 83.5 Å². The minimum atomic E-state index is -1.15. The third-order valence-electron chi connectivity index (χ3n) is 1.61. The molecule has 13 heavy (non-hydrogen) atoms. The number of benzene rings is 1. The number of carboxylic acids is 1. The average Bonchev–Trinajstić information content (AvgIpc) is 2.04. The van der Waals surface area contributed by atoms with E-state index in [4.69, 9.17) is 5.11 Å². The molecule has 1 aromatic carbocycles. The summed E-state index contributed by atoms with van der Waals surface area (Å²) in [5.41, 5.74) is 0.483. The zero-order chi connectivity index (χ0) is 9.84. The minimum absolute atomic E-state index is 0.483. The summed E-state index contributed by atoms with van der Waals surface area (Å²) >= 11 is 2.66. The fraction of sp³-hybridized carbons (Fsp3) is 0.111. The standard InChI is InChI=1S/C9H7BrO3/c10-8(11)7(9(12)13)6-4-2-1-3-5-6/h1-5,7H,(H,12,13). The first-order chi connectivity index (χ1) is 6.13. The summed E-state index contributed by atoms with van der Waals surface area (Å²) in [7, 11) is 0. The van der Waals surface area contributed by atoms with E-state index >= 15 is 0 Å². The maximum Gasteiger partial charge on any atom is 0.319 e. The van der Waals surface area contributed by atoms with Crippen LogP contribution in [0.4, 0.5) is 0 Å². The van der Waals surface area contributed by atoms with E-state index in [9.17, 15) is 9.59 Å². The predicted molar refractivity (Wildman–Crippen MR) is 50.8 cm³/mol. The molecule has 1 atom stereocenters. The summed E-state index contributed by atoms with van der Waals surface area (Å²) in [5, 5.41) is 8.75. The van der Waals surface area contributed by atoms with Crippen LogP contribution >= 0.6 is 15.9 Å². The van der Waals surface area contributed by atoms with Crippen molar-refractivity contribution in [2.24, 2.45) is 0 Å². The smallest absolute Gasteiger partial charge is 0.319 e. The van der Waals surface area contributed by atoms with Crippen LogP contribution in [0.15, 0.2) is 30.3 Å². The number of rotatable bonds is 3. The SMILES string of the molecule is O=C(O)C(C(=O)Br)c1ccccc1. The third-order valence-corrected chi connectivity index (χ3v) is 2.06. The van der Waals surface area contributed by atoms with Gasteiger partial charge in [0.1, 0.15) is 0 Å². The fourth-order valence-electron chi connectivity index (χ4n) is 1.02. The molecule has 0 saturated carbocycles. The summed E-state index contributed by atoms with van der Waals surface area (Å²) in [6.45, 7) is 0. The van der Waals surface area contributed by atoms with E-state index < -0.39 is 16.6 Å². The van der Waals surface area contributed by atoms with Gasteiger partial charge in [-0.3, -0.25) is 9.59 Å². The molecule has 0 fully saturated rings. The highest BCUT2D eigenvalue weighted by atomic mass is 79.9. The normalized spacial score (nSPS) is 12.1. The molecular weight excluding hydrogens is 236 g/mol. The molecule has 0 heterocycles. The molecule has 0 aromatic heterocycles. The first-order valence-electron chi connectivity index (χ1n) is 3.60. The minimum Gasteiger partial charge on any atom is -0.480 e. The molecular formula is C9H7BrO3. The van der Waals surface area contributed by atoms with Crippen LogP contribution in [-0.2, 0) is 9.59 Å². The van der Waals surface area contributed by atoms with Gasteiger partial charge < -0.3 is 5.11 Å². The van der Waals surface area contributed by atoms with Crippen molar-refractivity contribution < 1.29 is 14.7 Å². The van der Waals surface area contributed by atoms with E-state index in [-0.39, 0.29) is 0 Å². The summed E-state index contributed by atoms with van der Waals surface area (Å²) in [5.74, 6) is -2.26. The van der Waals surface area contributed by atoms with E-state index in [1.54, 1.807) is 30.3 Å². The summed E-state index contributed by atoms with van der Waals surface area (Å²) in [6.07, 6.45) is 0. The molecule has 1 aromatic rings. The molecule has 1 unspecified atom stereocenters. The van der Waals surface area contributed by atoms with E-state index in [0.29, 0.717) is 5.56 Å². The number of hydrogen-bond donors (Lipinski definition) is 1. The molecule has 1 N–H and O–H groups in total. The monoisotopic (exact) mass is 242 g/mol. The number of halogens is 1. The van der Waals surface area contributed by atoms with Gasteiger partial charge in [-0.2, -0.15) is 0 Å². The first kappa shape index (κ1) is 9.92. The van der Waals surface area contributed by atoms with E-state index in [1.165, 1.54) is 0 Å². The Kier molecular flexibility index (Phi) is 3.19. The van der Waals surface area contributed by atoms with Gasteiger partial charge in [0.25, 0.3) is 0 Å². The van der Waals surface area contributed by atoms with Crippen molar-refractivity contribution in [3.63, 3.8) is 0 Å². The summed E-state index contributed by atoms with van der Waals surface area (Å²) in [6, 6.07) is 8.37. The van der Waals surface area contributed by atoms with E-state index in [1.807, 2.05) is 0 Å². The van der Waals surface area contributed by atoms with Crippen LogP contribution < -0.4 is 0 Å². The van der Waals surface area contributed by atoms with Gasteiger partial charge in [-0.05, 0) is 21.5 Å². The van der Waals surface area contributed by atoms with Crippen molar-refractivity contribution >= 4 is 26.6 Å². The quantitative estimate of drug-likeness (QED) is 0.650. The highest BCUT2D eigenvalue weighted by Crippen LogP contribution is 2.19. The second-order valence-electron chi connectivity index (χ2n) is 2.49. The molecule has 0 bridgehead atoms. The number of carbonyl (C=O) groups is 2. The lowest BCUT2D eigenvalue weighted by atomic mass is 10.0. The van der Waals surface area contributed by atoms with E-state index in [0.717, 1.165) is 0 Å². The van der Waals surface area contributed by atoms with Gasteiger partial charge in [0.05, 0.1) is 0 Å². The van der Waals surface area contributed by atoms with Crippen molar-refractivity contribution in [3.05, 3.63) is 35.9 Å². The third kappa shape index (κ3) is 2.39. The van der Waals surface area contributed by atoms with Gasteiger partial charge in [0.2, 0.25) is 4.69 Å². The molecule has 68 valence electrons. The van der Waals surface area contributed by atoms with Crippen molar-refractivity contribution in [2.75, 3.05) is 0 Å². The van der Waals surface area contributed by atoms with Gasteiger partial charge in [0.15, 0.2) is 5.92 Å². The topological polar surface area (TPSA) is 54.4 Å². The molecule has 4 heteroatoms. The lowest BCUT2D eigenvalue weighted by Crippen LogP contribution is -2.17. The Morgan fingerprint density at radius 3 is 2.15 bits per heavy atom. The van der Waals surface area contributed by atoms with Crippen LogP contribution in [0.1, 0.15) is 11.5 Å². The van der Waals surface area contributed by atoms with Gasteiger partial charge in [0, 0.05) is 0 Å². The largest absolute Gasteiger partial charge is 0.480 e. The maximum absolute atomic E-state index is 10.9.